The monoisotopic (exact) mass is 831 g/mol. The number of carbonyl (C=O) groups excluding carboxylic acids is 2. The fourth-order valence-corrected chi connectivity index (χ4v) is 6.39. The Balaban J connectivity index is 3.63. The van der Waals surface area contributed by atoms with Crippen molar-refractivity contribution in [2.75, 3.05) is 13.2 Å². The van der Waals surface area contributed by atoms with E-state index in [2.05, 4.69) is 123 Å². The molecular weight excluding hydrogens is 741 g/mol. The van der Waals surface area contributed by atoms with Crippen LogP contribution in [0.3, 0.4) is 0 Å². The molecule has 1 N–H and O–H groups in total. The molecule has 0 amide bonds. The Kier molecular flexibility index (Phi) is 47.1. The van der Waals surface area contributed by atoms with Crippen LogP contribution in [-0.4, -0.2) is 36.4 Å². The van der Waals surface area contributed by atoms with Crippen LogP contribution in [0.2, 0.25) is 0 Å². The van der Waals surface area contributed by atoms with Crippen LogP contribution in [0, 0.1) is 0 Å². The third kappa shape index (κ3) is 47.2. The van der Waals surface area contributed by atoms with Gasteiger partial charge in [-0.2, -0.15) is 0 Å². The van der Waals surface area contributed by atoms with Gasteiger partial charge >= 0.3 is 11.9 Å². The van der Waals surface area contributed by atoms with Crippen molar-refractivity contribution in [3.63, 3.8) is 0 Å². The Morgan fingerprint density at radius 2 is 0.717 bits per heavy atom. The van der Waals surface area contributed by atoms with Gasteiger partial charge in [-0.05, 0) is 103 Å². The van der Waals surface area contributed by atoms with E-state index < -0.39 is 6.10 Å². The molecule has 0 bridgehead atoms. The Morgan fingerprint density at radius 3 is 1.12 bits per heavy atom. The second kappa shape index (κ2) is 49.9. The zero-order valence-corrected chi connectivity index (χ0v) is 38.7. The van der Waals surface area contributed by atoms with E-state index in [-0.39, 0.29) is 25.2 Å². The molecule has 0 saturated heterocycles. The van der Waals surface area contributed by atoms with Gasteiger partial charge in [-0.25, -0.2) is 0 Å². The van der Waals surface area contributed by atoms with E-state index in [1.54, 1.807) is 0 Å². The molecule has 0 aliphatic rings. The first kappa shape index (κ1) is 56.6. The van der Waals surface area contributed by atoms with E-state index in [0.29, 0.717) is 12.8 Å². The average Bonchev–Trinajstić information content (AvgIpc) is 3.25. The van der Waals surface area contributed by atoms with Gasteiger partial charge in [0.2, 0.25) is 0 Å². The van der Waals surface area contributed by atoms with E-state index >= 15 is 0 Å². The molecule has 0 saturated carbocycles. The molecule has 0 aromatic heterocycles. The number of ether oxygens (including phenoxy) is 2. The molecule has 5 nitrogen and oxygen atoms in total. The highest BCUT2D eigenvalue weighted by Gasteiger charge is 2.16. The number of aliphatic hydroxyl groups is 1. The van der Waals surface area contributed by atoms with Gasteiger partial charge in [-0.15, -0.1) is 0 Å². The molecule has 0 aliphatic carbocycles. The summed E-state index contributed by atoms with van der Waals surface area (Å²) in [6, 6.07) is 0. The van der Waals surface area contributed by atoms with Gasteiger partial charge in [-0.1, -0.05) is 200 Å². The van der Waals surface area contributed by atoms with Crippen molar-refractivity contribution in [1.29, 1.82) is 0 Å². The number of unbranched alkanes of at least 4 members (excludes halogenated alkanes) is 17. The molecule has 0 radical (unpaired) electrons. The quantitative estimate of drug-likeness (QED) is 0.0376. The maximum atomic E-state index is 12.2. The number of hydrogen-bond acceptors (Lipinski definition) is 5. The largest absolute Gasteiger partial charge is 0.462 e. The lowest BCUT2D eigenvalue weighted by atomic mass is 10.1. The lowest BCUT2D eigenvalue weighted by molar-refractivity contribution is -0.161. The zero-order chi connectivity index (χ0) is 43.5. The Hall–Kier alpha value is -3.44. The summed E-state index contributed by atoms with van der Waals surface area (Å²) in [4.78, 5) is 24.4. The molecule has 60 heavy (non-hydrogen) atoms. The summed E-state index contributed by atoms with van der Waals surface area (Å²) in [5.41, 5.74) is 0. The van der Waals surface area contributed by atoms with Crippen LogP contribution in [0.15, 0.2) is 109 Å². The number of carbonyl (C=O) groups is 2. The van der Waals surface area contributed by atoms with Crippen LogP contribution in [0.25, 0.3) is 0 Å². The third-order valence-electron chi connectivity index (χ3n) is 10.1. The van der Waals surface area contributed by atoms with Crippen molar-refractivity contribution in [1.82, 2.24) is 0 Å². The lowest BCUT2D eigenvalue weighted by Crippen LogP contribution is -2.28. The van der Waals surface area contributed by atoms with Crippen molar-refractivity contribution in [2.45, 2.75) is 213 Å². The average molecular weight is 831 g/mol. The summed E-state index contributed by atoms with van der Waals surface area (Å²) in [6.07, 6.45) is 71.7. The van der Waals surface area contributed by atoms with E-state index in [4.69, 9.17) is 9.47 Å². The lowest BCUT2D eigenvalue weighted by Gasteiger charge is -2.15. The molecule has 0 fully saturated rings. The van der Waals surface area contributed by atoms with Gasteiger partial charge in [0.15, 0.2) is 6.10 Å². The molecular formula is C55H90O5. The van der Waals surface area contributed by atoms with Gasteiger partial charge < -0.3 is 14.6 Å². The smallest absolute Gasteiger partial charge is 0.306 e. The summed E-state index contributed by atoms with van der Waals surface area (Å²) in [5.74, 6) is -0.653. The van der Waals surface area contributed by atoms with Crippen molar-refractivity contribution in [3.8, 4) is 0 Å². The maximum Gasteiger partial charge on any atom is 0.306 e. The summed E-state index contributed by atoms with van der Waals surface area (Å²) < 4.78 is 10.6. The minimum atomic E-state index is -0.805. The molecule has 5 heteroatoms. The number of esters is 2. The topological polar surface area (TPSA) is 72.8 Å². The highest BCUT2D eigenvalue weighted by atomic mass is 16.6. The molecule has 0 heterocycles. The number of hydrogen-bond donors (Lipinski definition) is 1. The van der Waals surface area contributed by atoms with E-state index in [1.807, 2.05) is 0 Å². The first-order valence-corrected chi connectivity index (χ1v) is 24.4. The first-order chi connectivity index (χ1) is 29.6. The van der Waals surface area contributed by atoms with Crippen LogP contribution >= 0.6 is 0 Å². The Morgan fingerprint density at radius 1 is 0.400 bits per heavy atom. The number of allylic oxidation sites excluding steroid dienone is 18. The van der Waals surface area contributed by atoms with Crippen LogP contribution in [0.1, 0.15) is 206 Å². The van der Waals surface area contributed by atoms with Crippen LogP contribution < -0.4 is 0 Å². The van der Waals surface area contributed by atoms with Gasteiger partial charge in [0, 0.05) is 12.8 Å². The standard InChI is InChI=1S/C55H90O5/c1-3-5-7-9-11-13-15-17-19-21-23-25-26-27-28-30-31-33-35-37-39-41-43-45-47-49-54(57)59-52-53(51-56)60-55(58)50-48-46-44-42-40-38-36-34-32-29-24-22-20-18-16-14-12-10-8-6-4-2/h6,8,12,14-15,17-18,20-21,23-24,26-27,29,34,36,40,42,53,56H,3-5,7,9-11,13,16,19,22,25,28,30-33,35,37-39,41,43-52H2,1-2H3/b8-6-,14-12-,17-15-,20-18-,23-21-,27-26-,29-24-,36-34-,42-40-. The minimum absolute atomic E-state index is 0.0926. The van der Waals surface area contributed by atoms with Crippen LogP contribution in [0.5, 0.6) is 0 Å². The Bertz CT molecular complexity index is 1210. The normalized spacial score (nSPS) is 13.2. The molecule has 0 aromatic carbocycles. The van der Waals surface area contributed by atoms with Crippen molar-refractivity contribution >= 4 is 11.9 Å². The summed E-state index contributed by atoms with van der Waals surface area (Å²) in [6.45, 7) is 3.97. The summed E-state index contributed by atoms with van der Waals surface area (Å²) in [5, 5.41) is 9.61. The summed E-state index contributed by atoms with van der Waals surface area (Å²) >= 11 is 0. The highest BCUT2D eigenvalue weighted by molar-refractivity contribution is 5.70. The van der Waals surface area contributed by atoms with Crippen LogP contribution in [-0.2, 0) is 19.1 Å². The van der Waals surface area contributed by atoms with Gasteiger partial charge in [-0.3, -0.25) is 9.59 Å². The van der Waals surface area contributed by atoms with Crippen molar-refractivity contribution in [2.24, 2.45) is 0 Å². The van der Waals surface area contributed by atoms with Crippen molar-refractivity contribution < 1.29 is 24.2 Å². The SMILES string of the molecule is CC/C=C\C/C=C\C/C=C\C/C=C\C/C=C\C/C=C\CCCCC(=O)OC(CO)COC(=O)CCCCCCCCCCCC/C=C\C/C=C\C/C=C\CCCCCCC. The zero-order valence-electron chi connectivity index (χ0n) is 38.7. The maximum absolute atomic E-state index is 12.2. The van der Waals surface area contributed by atoms with E-state index in [1.165, 1.54) is 89.9 Å². The van der Waals surface area contributed by atoms with Crippen LogP contribution in [0.4, 0.5) is 0 Å². The predicted octanol–water partition coefficient (Wildman–Crippen LogP) is 16.2. The second-order valence-corrected chi connectivity index (χ2v) is 15.8. The fourth-order valence-electron chi connectivity index (χ4n) is 6.39. The molecule has 340 valence electrons. The Labute approximate surface area is 370 Å². The van der Waals surface area contributed by atoms with Gasteiger partial charge in [0.25, 0.3) is 0 Å². The first-order valence-electron chi connectivity index (χ1n) is 24.4. The second-order valence-electron chi connectivity index (χ2n) is 15.8. The molecule has 0 spiro atoms. The number of rotatable bonds is 43. The van der Waals surface area contributed by atoms with Gasteiger partial charge in [0.05, 0.1) is 6.61 Å². The molecule has 1 atom stereocenters. The summed E-state index contributed by atoms with van der Waals surface area (Å²) in [7, 11) is 0. The molecule has 0 rings (SSSR count). The highest BCUT2D eigenvalue weighted by Crippen LogP contribution is 2.13. The van der Waals surface area contributed by atoms with E-state index in [0.717, 1.165) is 89.9 Å². The number of aliphatic hydroxyl groups excluding tert-OH is 1. The van der Waals surface area contributed by atoms with E-state index in [9.17, 15) is 14.7 Å². The third-order valence-corrected chi connectivity index (χ3v) is 10.1. The van der Waals surface area contributed by atoms with Gasteiger partial charge in [0.1, 0.15) is 6.61 Å². The molecule has 1 unspecified atom stereocenters. The van der Waals surface area contributed by atoms with Crippen molar-refractivity contribution in [3.05, 3.63) is 109 Å². The molecule has 0 aliphatic heterocycles. The molecule has 0 aromatic rings. The minimum Gasteiger partial charge on any atom is -0.462 e. The predicted molar refractivity (Wildman–Crippen MR) is 260 cm³/mol. The fraction of sp³-hybridized carbons (Fsp3) is 0.636.